The van der Waals surface area contributed by atoms with Gasteiger partial charge in [0.1, 0.15) is 23.7 Å². The van der Waals surface area contributed by atoms with Crippen molar-refractivity contribution in [3.8, 4) is 33.8 Å². The number of alkyl carbamates (subject to hydrolysis) is 2. The van der Waals surface area contributed by atoms with Gasteiger partial charge in [-0.2, -0.15) is 0 Å². The van der Waals surface area contributed by atoms with Crippen molar-refractivity contribution in [2.24, 2.45) is 11.8 Å². The second kappa shape index (κ2) is 16.7. The van der Waals surface area contributed by atoms with Crippen molar-refractivity contribution < 1.29 is 37.4 Å². The Balaban J connectivity index is 1.15. The van der Waals surface area contributed by atoms with Crippen LogP contribution in [-0.2, 0) is 19.1 Å². The molecule has 2 aliphatic rings. The molecule has 0 spiro atoms. The number of H-pyrrole nitrogens is 2. The lowest BCUT2D eigenvalue weighted by Crippen LogP contribution is -2.52. The summed E-state index contributed by atoms with van der Waals surface area (Å²) in [6, 6.07) is 13.6. The van der Waals surface area contributed by atoms with Crippen molar-refractivity contribution in [3.63, 3.8) is 0 Å². The maximum atomic E-state index is 14.8. The number of amides is 4. The minimum absolute atomic E-state index is 0.134. The average molecular weight is 819 g/mol. The number of methoxy groups -OCH3 is 2. The highest BCUT2D eigenvalue weighted by Gasteiger charge is 2.50. The second-order valence-corrected chi connectivity index (χ2v) is 21.7. The molecule has 4 N–H and O–H groups in total. The molecule has 2 aliphatic heterocycles. The summed E-state index contributed by atoms with van der Waals surface area (Å²) in [6.07, 6.45) is 1.88. The van der Waals surface area contributed by atoms with E-state index in [0.29, 0.717) is 23.5 Å². The van der Waals surface area contributed by atoms with Crippen molar-refractivity contribution in [3.05, 3.63) is 72.4 Å². The van der Waals surface area contributed by atoms with Crippen molar-refractivity contribution in [2.45, 2.75) is 83.3 Å². The second-order valence-electron chi connectivity index (χ2n) is 16.6. The highest BCUT2D eigenvalue weighted by atomic mass is 28.3. The number of halogens is 2. The number of imidazole rings is 2. The molecule has 0 unspecified atom stereocenters. The number of aromatic nitrogens is 4. The Hall–Kier alpha value is -5.58. The highest BCUT2D eigenvalue weighted by Crippen LogP contribution is 2.42. The number of carbonyl (C=O) groups excluding carboxylic acids is 4. The van der Waals surface area contributed by atoms with Gasteiger partial charge in [0.15, 0.2) is 0 Å². The molecule has 4 atom stereocenters. The smallest absolute Gasteiger partial charge is 0.407 e. The van der Waals surface area contributed by atoms with Crippen molar-refractivity contribution in [2.75, 3.05) is 26.9 Å². The SMILES string of the molecule is COC(=O)N[C@H](C(=O)N1CC(F)(F)C[C@H]1c1cnc(-c2ccc(-c3ccc(-c4cnc([C@@H]5C[Si](C)(C)CN5C(=O)[C@@H](NC(=O)OC)C(C)C)[nH]4)cc3)cc2)[nH]1)C(C)C. The van der Waals surface area contributed by atoms with Crippen LogP contribution in [0.4, 0.5) is 18.4 Å². The maximum Gasteiger partial charge on any atom is 0.407 e. The molecule has 2 saturated heterocycles. The van der Waals surface area contributed by atoms with Crippen molar-refractivity contribution in [1.82, 2.24) is 40.4 Å². The first-order valence-corrected chi connectivity index (χ1v) is 22.8. The molecular formula is C41H52F2N8O6Si. The minimum Gasteiger partial charge on any atom is -0.453 e. The Morgan fingerprint density at radius 1 is 0.759 bits per heavy atom. The first-order chi connectivity index (χ1) is 27.4. The molecule has 2 fully saturated rings. The molecule has 6 rings (SSSR count). The van der Waals surface area contributed by atoms with Crippen LogP contribution < -0.4 is 10.6 Å². The monoisotopic (exact) mass is 818 g/mol. The summed E-state index contributed by atoms with van der Waals surface area (Å²) in [5, 5.41) is 5.20. The summed E-state index contributed by atoms with van der Waals surface area (Å²) < 4.78 is 39.0. The van der Waals surface area contributed by atoms with Gasteiger partial charge in [-0.05, 0) is 34.6 Å². The number of hydrogen-bond donors (Lipinski definition) is 4. The van der Waals surface area contributed by atoms with Gasteiger partial charge in [-0.1, -0.05) is 89.3 Å². The molecule has 4 heterocycles. The molecule has 0 radical (unpaired) electrons. The van der Waals surface area contributed by atoms with E-state index in [-0.39, 0.29) is 23.8 Å². The number of ether oxygens (including phenoxy) is 2. The zero-order chi connectivity index (χ0) is 42.1. The molecule has 17 heteroatoms. The molecule has 58 heavy (non-hydrogen) atoms. The number of likely N-dealkylation sites (tertiary alicyclic amines) is 1. The number of alkyl halides is 2. The molecular weight excluding hydrogens is 767 g/mol. The lowest BCUT2D eigenvalue weighted by atomic mass is 10.0. The van der Waals surface area contributed by atoms with Crippen LogP contribution in [0.5, 0.6) is 0 Å². The van der Waals surface area contributed by atoms with Crippen LogP contribution in [0.2, 0.25) is 19.1 Å². The van der Waals surface area contributed by atoms with E-state index in [1.54, 1.807) is 20.0 Å². The van der Waals surface area contributed by atoms with E-state index < -0.39 is 63.2 Å². The summed E-state index contributed by atoms with van der Waals surface area (Å²) in [5.74, 6) is -3.21. The third-order valence-electron chi connectivity index (χ3n) is 10.9. The van der Waals surface area contributed by atoms with E-state index in [1.165, 1.54) is 20.4 Å². The standard InChI is InChI=1S/C41H52F2N8O6Si/c1-23(2)33(48-39(54)56-5)37(52)50-21-41(42,43)17-31(50)30-19-44-35(47-30)28-15-11-26(12-16-28)25-9-13-27(14-10-25)29-18-45-36(46-29)32-20-58(7,8)22-51(32)38(53)34(24(3)4)49-40(55)57-6/h9-16,18-19,23-24,31-34H,17,20-22H2,1-8H3,(H,44,47)(H,45,46)(H,48,54)(H,49,55)/t31-,32-,33-,34-/m0/s1. The molecule has 0 bridgehead atoms. The van der Waals surface area contributed by atoms with Gasteiger partial charge in [-0.25, -0.2) is 28.3 Å². The summed E-state index contributed by atoms with van der Waals surface area (Å²) in [6.45, 7) is 11.0. The van der Waals surface area contributed by atoms with Crippen LogP contribution in [0.25, 0.3) is 33.8 Å². The van der Waals surface area contributed by atoms with Crippen LogP contribution in [-0.4, -0.2) is 107 Å². The molecule has 2 aromatic heterocycles. The van der Waals surface area contributed by atoms with Crippen LogP contribution in [0.1, 0.15) is 57.7 Å². The molecule has 4 amide bonds. The summed E-state index contributed by atoms with van der Waals surface area (Å²) >= 11 is 0. The quantitative estimate of drug-likeness (QED) is 0.118. The summed E-state index contributed by atoms with van der Waals surface area (Å²) in [7, 11) is 0.682. The van der Waals surface area contributed by atoms with Crippen LogP contribution in [0.15, 0.2) is 60.9 Å². The number of hydrogen-bond acceptors (Lipinski definition) is 8. The van der Waals surface area contributed by atoms with E-state index in [4.69, 9.17) is 9.72 Å². The van der Waals surface area contributed by atoms with Gasteiger partial charge in [0, 0.05) is 18.2 Å². The van der Waals surface area contributed by atoms with Gasteiger partial charge < -0.3 is 39.9 Å². The van der Waals surface area contributed by atoms with Gasteiger partial charge in [-0.15, -0.1) is 0 Å². The van der Waals surface area contributed by atoms with Crippen molar-refractivity contribution >= 4 is 32.1 Å². The predicted molar refractivity (Wildman–Crippen MR) is 216 cm³/mol. The summed E-state index contributed by atoms with van der Waals surface area (Å²) in [4.78, 5) is 70.1. The fourth-order valence-corrected chi connectivity index (χ4v) is 10.7. The highest BCUT2D eigenvalue weighted by molar-refractivity contribution is 6.78. The van der Waals surface area contributed by atoms with Gasteiger partial charge in [0.2, 0.25) is 11.8 Å². The van der Waals surface area contributed by atoms with Crippen LogP contribution >= 0.6 is 0 Å². The Morgan fingerprint density at radius 2 is 1.28 bits per heavy atom. The molecule has 2 aromatic carbocycles. The number of aromatic amines is 2. The Labute approximate surface area is 337 Å². The molecule has 14 nitrogen and oxygen atoms in total. The van der Waals surface area contributed by atoms with E-state index in [2.05, 4.69) is 43.4 Å². The van der Waals surface area contributed by atoms with E-state index in [9.17, 15) is 28.0 Å². The lowest BCUT2D eigenvalue weighted by Gasteiger charge is -2.30. The van der Waals surface area contributed by atoms with Gasteiger partial charge in [-0.3, -0.25) is 9.59 Å². The first-order valence-electron chi connectivity index (χ1n) is 19.4. The Bertz CT molecular complexity index is 1970. The molecule has 0 saturated carbocycles. The minimum atomic E-state index is -3.12. The van der Waals surface area contributed by atoms with E-state index >= 15 is 0 Å². The molecule has 310 valence electrons. The third kappa shape index (κ3) is 9.08. The summed E-state index contributed by atoms with van der Waals surface area (Å²) in [5.41, 5.74) is 4.76. The molecule has 4 aromatic rings. The van der Waals surface area contributed by atoms with Crippen molar-refractivity contribution in [1.29, 1.82) is 0 Å². The topological polar surface area (TPSA) is 175 Å². The fraction of sp³-hybridized carbons (Fsp3) is 0.463. The largest absolute Gasteiger partial charge is 0.453 e. The van der Waals surface area contributed by atoms with Gasteiger partial charge >= 0.3 is 12.2 Å². The van der Waals surface area contributed by atoms with Crippen LogP contribution in [0.3, 0.4) is 0 Å². The fourth-order valence-electron chi connectivity index (χ4n) is 7.79. The lowest BCUT2D eigenvalue weighted by molar-refractivity contribution is -0.137. The number of nitrogens with one attached hydrogen (secondary N) is 4. The molecule has 0 aliphatic carbocycles. The zero-order valence-corrected chi connectivity index (χ0v) is 35.1. The number of rotatable bonds is 11. The first kappa shape index (κ1) is 42.0. The van der Waals surface area contributed by atoms with E-state index in [0.717, 1.165) is 38.9 Å². The van der Waals surface area contributed by atoms with Crippen LogP contribution in [0, 0.1) is 11.8 Å². The average Bonchev–Trinajstić information content (AvgIpc) is 4.00. The number of nitrogens with zero attached hydrogens (tertiary/aromatic N) is 4. The normalized spacial score (nSPS) is 19.6. The maximum absolute atomic E-state index is 14.8. The zero-order valence-electron chi connectivity index (χ0n) is 34.1. The number of carbonyl (C=O) groups is 4. The van der Waals surface area contributed by atoms with E-state index in [1.807, 2.05) is 67.3 Å². The third-order valence-corrected chi connectivity index (χ3v) is 13.6. The predicted octanol–water partition coefficient (Wildman–Crippen LogP) is 6.93. The Morgan fingerprint density at radius 3 is 1.81 bits per heavy atom. The Kier molecular flexibility index (Phi) is 12.1. The van der Waals surface area contributed by atoms with Gasteiger partial charge in [0.25, 0.3) is 5.92 Å². The number of benzene rings is 2. The van der Waals surface area contributed by atoms with Gasteiger partial charge in [0.05, 0.1) is 64.7 Å².